The summed E-state index contributed by atoms with van der Waals surface area (Å²) in [7, 11) is 2.08. The quantitative estimate of drug-likeness (QED) is 0.467. The third-order valence-corrected chi connectivity index (χ3v) is 6.43. The second-order valence-corrected chi connectivity index (χ2v) is 9.13. The Balaban J connectivity index is 1.41. The molecule has 1 aromatic heterocycles. The van der Waals surface area contributed by atoms with E-state index in [1.165, 1.54) is 6.08 Å². The molecule has 1 aliphatic heterocycles. The fraction of sp³-hybridized carbons (Fsp3) is 0.296. The van der Waals surface area contributed by atoms with Crippen molar-refractivity contribution in [3.05, 3.63) is 94.8 Å². The molecule has 8 heteroatoms. The minimum atomic E-state index is -0.251. The van der Waals surface area contributed by atoms with Crippen LogP contribution in [0.5, 0.6) is 0 Å². The van der Waals surface area contributed by atoms with Crippen LogP contribution in [0.15, 0.2) is 61.3 Å². The maximum absolute atomic E-state index is 14.9. The normalized spacial score (nSPS) is 14.1. The predicted molar refractivity (Wildman–Crippen MR) is 139 cm³/mol. The number of aromatic nitrogens is 2. The van der Waals surface area contributed by atoms with Gasteiger partial charge in [0.25, 0.3) is 0 Å². The van der Waals surface area contributed by atoms with Crippen molar-refractivity contribution in [1.29, 1.82) is 0 Å². The molecule has 1 saturated heterocycles. The standard InChI is InChI=1S/C27H29ClFN5O/c1-3-27(35)31-21-6-4-5-19(15-21)7-9-24-22(28)18-30-26(32-24)17-20-8-10-25(23(29)16-20)34-13-11-33(2)12-14-34/h3-6,8,10,15-16,18H,1,7,9,11-14,17H2,2H3,(H,31,35). The summed E-state index contributed by atoms with van der Waals surface area (Å²) in [5, 5.41) is 3.27. The van der Waals surface area contributed by atoms with E-state index in [1.807, 2.05) is 36.4 Å². The van der Waals surface area contributed by atoms with E-state index >= 15 is 0 Å². The number of aryl methyl sites for hydroxylation is 2. The highest BCUT2D eigenvalue weighted by Gasteiger charge is 2.18. The number of piperazine rings is 1. The Kier molecular flexibility index (Phi) is 8.10. The molecule has 0 bridgehead atoms. The van der Waals surface area contributed by atoms with Crippen molar-refractivity contribution in [2.45, 2.75) is 19.3 Å². The maximum atomic E-state index is 14.9. The number of carbonyl (C=O) groups is 1. The lowest BCUT2D eigenvalue weighted by Gasteiger charge is -2.34. The fourth-order valence-electron chi connectivity index (χ4n) is 4.11. The largest absolute Gasteiger partial charge is 0.367 e. The van der Waals surface area contributed by atoms with E-state index < -0.39 is 0 Å². The molecule has 4 rings (SSSR count). The van der Waals surface area contributed by atoms with Crippen molar-refractivity contribution in [2.75, 3.05) is 43.4 Å². The van der Waals surface area contributed by atoms with Crippen molar-refractivity contribution in [1.82, 2.24) is 14.9 Å². The van der Waals surface area contributed by atoms with Crippen molar-refractivity contribution in [2.24, 2.45) is 0 Å². The van der Waals surface area contributed by atoms with Gasteiger partial charge in [-0.1, -0.05) is 36.4 Å². The molecule has 6 nitrogen and oxygen atoms in total. The Hall–Kier alpha value is -3.29. The van der Waals surface area contributed by atoms with E-state index in [-0.39, 0.29) is 11.7 Å². The van der Waals surface area contributed by atoms with Crippen LogP contribution < -0.4 is 10.2 Å². The molecule has 0 aliphatic carbocycles. The Morgan fingerprint density at radius 3 is 2.69 bits per heavy atom. The third-order valence-electron chi connectivity index (χ3n) is 6.12. The van der Waals surface area contributed by atoms with Gasteiger partial charge in [0.2, 0.25) is 5.91 Å². The molecule has 0 spiro atoms. The summed E-state index contributed by atoms with van der Waals surface area (Å²) in [5.41, 5.74) is 3.96. The van der Waals surface area contributed by atoms with Gasteiger partial charge in [-0.25, -0.2) is 14.4 Å². The SMILES string of the molecule is C=CC(=O)Nc1cccc(CCc2nc(Cc3ccc(N4CCN(C)CC4)c(F)c3)ncc2Cl)c1. The summed E-state index contributed by atoms with van der Waals surface area (Å²) in [6, 6.07) is 13.0. The first-order chi connectivity index (χ1) is 16.9. The molecule has 0 radical (unpaired) electrons. The zero-order chi connectivity index (χ0) is 24.8. The number of rotatable bonds is 8. The van der Waals surface area contributed by atoms with E-state index in [2.05, 4.69) is 38.7 Å². The number of hydrogen-bond donors (Lipinski definition) is 1. The van der Waals surface area contributed by atoms with Crippen LogP contribution in [0.25, 0.3) is 0 Å². The molecule has 0 unspecified atom stereocenters. The van der Waals surface area contributed by atoms with Crippen LogP contribution in [0, 0.1) is 5.82 Å². The van der Waals surface area contributed by atoms with Crippen LogP contribution in [0.4, 0.5) is 15.8 Å². The molecule has 0 saturated carbocycles. The third kappa shape index (κ3) is 6.65. The van der Waals surface area contributed by atoms with Crippen molar-refractivity contribution in [3.63, 3.8) is 0 Å². The van der Waals surface area contributed by atoms with Crippen LogP contribution >= 0.6 is 11.6 Å². The summed E-state index contributed by atoms with van der Waals surface area (Å²) in [6.07, 6.45) is 4.58. The second-order valence-electron chi connectivity index (χ2n) is 8.73. The number of likely N-dealkylation sites (N-methyl/N-ethyl adjacent to an activating group) is 1. The number of anilines is 2. The summed E-state index contributed by atoms with van der Waals surface area (Å²) < 4.78 is 14.9. The lowest BCUT2D eigenvalue weighted by Crippen LogP contribution is -2.44. The number of nitrogens with one attached hydrogen (secondary N) is 1. The van der Waals surface area contributed by atoms with Gasteiger partial charge in [0, 0.05) is 44.5 Å². The zero-order valence-corrected chi connectivity index (χ0v) is 20.6. The van der Waals surface area contributed by atoms with Gasteiger partial charge < -0.3 is 15.1 Å². The highest BCUT2D eigenvalue weighted by Crippen LogP contribution is 2.23. The summed E-state index contributed by atoms with van der Waals surface area (Å²) >= 11 is 6.36. The van der Waals surface area contributed by atoms with Crippen molar-refractivity contribution < 1.29 is 9.18 Å². The van der Waals surface area contributed by atoms with Gasteiger partial charge in [0.05, 0.1) is 16.4 Å². The van der Waals surface area contributed by atoms with E-state index in [4.69, 9.17) is 11.6 Å². The lowest BCUT2D eigenvalue weighted by atomic mass is 10.1. The minimum absolute atomic E-state index is 0.218. The van der Waals surface area contributed by atoms with Gasteiger partial charge in [0.15, 0.2) is 0 Å². The Morgan fingerprint density at radius 2 is 1.94 bits per heavy atom. The van der Waals surface area contributed by atoms with E-state index in [1.54, 1.807) is 12.3 Å². The highest BCUT2D eigenvalue weighted by atomic mass is 35.5. The van der Waals surface area contributed by atoms with Crippen LogP contribution in [0.2, 0.25) is 5.02 Å². The second kappa shape index (κ2) is 11.4. The molecule has 1 N–H and O–H groups in total. The smallest absolute Gasteiger partial charge is 0.247 e. The summed E-state index contributed by atoms with van der Waals surface area (Å²) in [5.74, 6) is 0.131. The maximum Gasteiger partial charge on any atom is 0.247 e. The molecule has 1 fully saturated rings. The predicted octanol–water partition coefficient (Wildman–Crippen LogP) is 4.52. The number of benzene rings is 2. The van der Waals surface area contributed by atoms with Crippen LogP contribution in [-0.2, 0) is 24.1 Å². The Morgan fingerprint density at radius 1 is 1.14 bits per heavy atom. The summed E-state index contributed by atoms with van der Waals surface area (Å²) in [4.78, 5) is 24.9. The first-order valence-electron chi connectivity index (χ1n) is 11.7. The first kappa shape index (κ1) is 24.8. The van der Waals surface area contributed by atoms with Crippen molar-refractivity contribution >= 4 is 28.9 Å². The zero-order valence-electron chi connectivity index (χ0n) is 19.8. The molecule has 2 heterocycles. The van der Waals surface area contributed by atoms with Gasteiger partial charge in [-0.3, -0.25) is 4.79 Å². The topological polar surface area (TPSA) is 61.4 Å². The number of hydrogen-bond acceptors (Lipinski definition) is 5. The molecule has 2 aromatic carbocycles. The van der Waals surface area contributed by atoms with Gasteiger partial charge in [-0.2, -0.15) is 0 Å². The monoisotopic (exact) mass is 493 g/mol. The average molecular weight is 494 g/mol. The number of nitrogens with zero attached hydrogens (tertiary/aromatic N) is 4. The number of carbonyl (C=O) groups excluding carboxylic acids is 1. The molecule has 3 aromatic rings. The van der Waals surface area contributed by atoms with E-state index in [9.17, 15) is 9.18 Å². The van der Waals surface area contributed by atoms with Gasteiger partial charge in [-0.05, 0) is 61.4 Å². The van der Waals surface area contributed by atoms with E-state index in [0.29, 0.717) is 41.5 Å². The number of amides is 1. The average Bonchev–Trinajstić information content (AvgIpc) is 2.85. The highest BCUT2D eigenvalue weighted by molar-refractivity contribution is 6.31. The Labute approximate surface area is 210 Å². The van der Waals surface area contributed by atoms with Crippen LogP contribution in [0.3, 0.4) is 0 Å². The van der Waals surface area contributed by atoms with Crippen LogP contribution in [0.1, 0.15) is 22.6 Å². The van der Waals surface area contributed by atoms with Gasteiger partial charge in [-0.15, -0.1) is 0 Å². The molecular weight excluding hydrogens is 465 g/mol. The van der Waals surface area contributed by atoms with Gasteiger partial charge >= 0.3 is 0 Å². The molecular formula is C27H29ClFN5O. The van der Waals surface area contributed by atoms with Crippen molar-refractivity contribution in [3.8, 4) is 0 Å². The molecule has 0 atom stereocenters. The Bertz CT molecular complexity index is 1210. The number of halogens is 2. The van der Waals surface area contributed by atoms with Gasteiger partial charge in [0.1, 0.15) is 11.6 Å². The first-order valence-corrected chi connectivity index (χ1v) is 12.0. The molecule has 182 valence electrons. The lowest BCUT2D eigenvalue weighted by molar-refractivity contribution is -0.111. The van der Waals surface area contributed by atoms with E-state index in [0.717, 1.165) is 43.0 Å². The summed E-state index contributed by atoms with van der Waals surface area (Å²) in [6.45, 7) is 6.96. The minimum Gasteiger partial charge on any atom is -0.367 e. The molecule has 35 heavy (non-hydrogen) atoms. The molecule has 1 aliphatic rings. The molecule has 1 amide bonds. The fourth-order valence-corrected chi connectivity index (χ4v) is 4.30. The van der Waals surface area contributed by atoms with Crippen LogP contribution in [-0.4, -0.2) is 54.0 Å².